The Morgan fingerprint density at radius 1 is 1.03 bits per heavy atom. The summed E-state index contributed by atoms with van der Waals surface area (Å²) in [6.07, 6.45) is -2.68. The largest absolute Gasteiger partial charge is 0.416 e. The first-order valence-corrected chi connectivity index (χ1v) is 10.9. The maximum absolute atomic E-state index is 13.2. The number of benzene rings is 2. The van der Waals surface area contributed by atoms with Gasteiger partial charge < -0.3 is 9.80 Å². The van der Waals surface area contributed by atoms with Crippen LogP contribution < -0.4 is 4.90 Å². The van der Waals surface area contributed by atoms with Crippen molar-refractivity contribution in [1.29, 1.82) is 0 Å². The number of halogens is 3. The van der Waals surface area contributed by atoms with Gasteiger partial charge in [0, 0.05) is 55.6 Å². The third-order valence-electron chi connectivity index (χ3n) is 5.99. The summed E-state index contributed by atoms with van der Waals surface area (Å²) in [6.45, 7) is 1.21. The van der Waals surface area contributed by atoms with Crippen molar-refractivity contribution in [2.24, 2.45) is 0 Å². The van der Waals surface area contributed by atoms with Crippen LogP contribution in [0, 0.1) is 0 Å². The number of carbonyl (C=O) groups excluding carboxylic acids is 1. The minimum absolute atomic E-state index is 0.0163. The maximum Gasteiger partial charge on any atom is 0.416 e. The van der Waals surface area contributed by atoms with Crippen molar-refractivity contribution in [2.45, 2.75) is 24.9 Å². The van der Waals surface area contributed by atoms with Gasteiger partial charge in [-0.25, -0.2) is 0 Å². The van der Waals surface area contributed by atoms with Gasteiger partial charge in [-0.15, -0.1) is 0 Å². The van der Waals surface area contributed by atoms with Gasteiger partial charge in [0.1, 0.15) is 0 Å². The number of carbonyl (C=O) groups is 1. The SMILES string of the molecule is CN(C)c1cccc(C(=O)N2CCC[C@H](c3cccc(-c4cccc(C(F)(F)F)c4)n3)C2)c1. The fourth-order valence-electron chi connectivity index (χ4n) is 4.20. The van der Waals surface area contributed by atoms with Crippen LogP contribution in [-0.2, 0) is 6.18 Å². The summed E-state index contributed by atoms with van der Waals surface area (Å²) in [5.41, 5.74) is 2.64. The Labute approximate surface area is 191 Å². The van der Waals surface area contributed by atoms with Crippen molar-refractivity contribution in [1.82, 2.24) is 9.88 Å². The number of alkyl halides is 3. The first kappa shape index (κ1) is 22.8. The van der Waals surface area contributed by atoms with Crippen LogP contribution in [0.3, 0.4) is 0 Å². The molecular formula is C26H26F3N3O. The Morgan fingerprint density at radius 2 is 1.79 bits per heavy atom. The second kappa shape index (κ2) is 9.25. The molecule has 1 saturated heterocycles. The van der Waals surface area contributed by atoms with Crippen LogP contribution in [0.4, 0.5) is 18.9 Å². The van der Waals surface area contributed by atoms with Crippen LogP contribution in [0.1, 0.15) is 40.4 Å². The number of piperidine rings is 1. The number of amides is 1. The summed E-state index contributed by atoms with van der Waals surface area (Å²) < 4.78 is 39.4. The molecule has 0 N–H and O–H groups in total. The summed E-state index contributed by atoms with van der Waals surface area (Å²) in [6, 6.07) is 18.2. The van der Waals surface area contributed by atoms with E-state index in [1.807, 2.05) is 60.3 Å². The Kier molecular flexibility index (Phi) is 6.40. The van der Waals surface area contributed by atoms with E-state index in [4.69, 9.17) is 0 Å². The number of anilines is 1. The molecule has 4 nitrogen and oxygen atoms in total. The molecule has 1 amide bonds. The molecule has 0 aliphatic carbocycles. The monoisotopic (exact) mass is 453 g/mol. The van der Waals surface area contributed by atoms with E-state index in [1.165, 1.54) is 6.07 Å². The van der Waals surface area contributed by atoms with Crippen molar-refractivity contribution in [3.05, 3.63) is 83.6 Å². The van der Waals surface area contributed by atoms with Gasteiger partial charge >= 0.3 is 6.18 Å². The van der Waals surface area contributed by atoms with Gasteiger partial charge in [-0.05, 0) is 55.3 Å². The summed E-state index contributed by atoms with van der Waals surface area (Å²) >= 11 is 0. The van der Waals surface area contributed by atoms with Crippen LogP contribution in [-0.4, -0.2) is 43.0 Å². The molecule has 1 aliphatic rings. The molecule has 1 aliphatic heterocycles. The summed E-state index contributed by atoms with van der Waals surface area (Å²) in [7, 11) is 3.87. The third kappa shape index (κ3) is 5.18. The predicted octanol–water partition coefficient (Wildman–Crippen LogP) is 5.85. The summed E-state index contributed by atoms with van der Waals surface area (Å²) in [5, 5.41) is 0. The van der Waals surface area contributed by atoms with Crippen LogP contribution >= 0.6 is 0 Å². The van der Waals surface area contributed by atoms with Crippen molar-refractivity contribution in [2.75, 3.05) is 32.1 Å². The molecule has 4 rings (SSSR count). The Hall–Kier alpha value is -3.35. The normalized spacial score (nSPS) is 16.5. The first-order chi connectivity index (χ1) is 15.7. The van der Waals surface area contributed by atoms with E-state index >= 15 is 0 Å². The lowest BCUT2D eigenvalue weighted by Crippen LogP contribution is -2.39. The molecule has 0 bridgehead atoms. The number of rotatable bonds is 4. The highest BCUT2D eigenvalue weighted by Gasteiger charge is 2.31. The van der Waals surface area contributed by atoms with Gasteiger partial charge in [0.25, 0.3) is 5.91 Å². The van der Waals surface area contributed by atoms with E-state index in [2.05, 4.69) is 4.98 Å². The van der Waals surface area contributed by atoms with Gasteiger partial charge in [-0.2, -0.15) is 13.2 Å². The number of hydrogen-bond donors (Lipinski definition) is 0. The van der Waals surface area contributed by atoms with Crippen molar-refractivity contribution in [3.8, 4) is 11.3 Å². The van der Waals surface area contributed by atoms with E-state index in [0.717, 1.165) is 36.4 Å². The number of likely N-dealkylation sites (tertiary alicyclic amines) is 1. The van der Waals surface area contributed by atoms with Crippen LogP contribution in [0.15, 0.2) is 66.7 Å². The Morgan fingerprint density at radius 3 is 2.55 bits per heavy atom. The number of nitrogens with zero attached hydrogens (tertiary/aromatic N) is 3. The highest BCUT2D eigenvalue weighted by Crippen LogP contribution is 2.33. The van der Waals surface area contributed by atoms with Crippen LogP contribution in [0.25, 0.3) is 11.3 Å². The molecule has 1 fully saturated rings. The molecule has 2 heterocycles. The molecule has 172 valence electrons. The van der Waals surface area contributed by atoms with Crippen LogP contribution in [0.2, 0.25) is 0 Å². The first-order valence-electron chi connectivity index (χ1n) is 10.9. The fraction of sp³-hybridized carbons (Fsp3) is 0.308. The third-order valence-corrected chi connectivity index (χ3v) is 5.99. The average Bonchev–Trinajstić information content (AvgIpc) is 2.83. The number of pyridine rings is 1. The van der Waals surface area contributed by atoms with E-state index in [9.17, 15) is 18.0 Å². The maximum atomic E-state index is 13.2. The molecule has 0 radical (unpaired) electrons. The molecule has 33 heavy (non-hydrogen) atoms. The highest BCUT2D eigenvalue weighted by atomic mass is 19.4. The zero-order valence-electron chi connectivity index (χ0n) is 18.6. The van der Waals surface area contributed by atoms with Crippen molar-refractivity contribution >= 4 is 11.6 Å². The van der Waals surface area contributed by atoms with Gasteiger partial charge in [-0.3, -0.25) is 9.78 Å². The zero-order valence-corrected chi connectivity index (χ0v) is 18.6. The Bertz CT molecular complexity index is 1140. The average molecular weight is 454 g/mol. The minimum Gasteiger partial charge on any atom is -0.378 e. The van der Waals surface area contributed by atoms with E-state index in [1.54, 1.807) is 12.1 Å². The molecule has 2 aromatic carbocycles. The lowest BCUT2D eigenvalue weighted by atomic mass is 9.93. The standard InChI is InChI=1S/C26H26F3N3O/c1-31(2)22-11-4-8-19(16-22)25(33)32-14-6-9-20(17-32)24-13-5-12-23(30-24)18-7-3-10-21(15-18)26(27,28)29/h3-5,7-8,10-13,15-16,20H,6,9,14,17H2,1-2H3/t20-/m0/s1. The van der Waals surface area contributed by atoms with Crippen molar-refractivity contribution in [3.63, 3.8) is 0 Å². The van der Waals surface area contributed by atoms with Crippen LogP contribution in [0.5, 0.6) is 0 Å². The second-order valence-electron chi connectivity index (χ2n) is 8.56. The molecule has 0 unspecified atom stereocenters. The molecule has 7 heteroatoms. The summed E-state index contributed by atoms with van der Waals surface area (Å²) in [4.78, 5) is 21.6. The lowest BCUT2D eigenvalue weighted by Gasteiger charge is -2.33. The van der Waals surface area contributed by atoms with Gasteiger partial charge in [0.05, 0.1) is 11.3 Å². The molecule has 0 spiro atoms. The lowest BCUT2D eigenvalue weighted by molar-refractivity contribution is -0.137. The van der Waals surface area contributed by atoms with Gasteiger partial charge in [-0.1, -0.05) is 24.3 Å². The molecule has 3 aromatic rings. The number of aromatic nitrogens is 1. The van der Waals surface area contributed by atoms with Gasteiger partial charge in [0.15, 0.2) is 0 Å². The molecular weight excluding hydrogens is 427 g/mol. The van der Waals surface area contributed by atoms with E-state index in [0.29, 0.717) is 29.9 Å². The minimum atomic E-state index is -4.40. The predicted molar refractivity (Wildman–Crippen MR) is 123 cm³/mol. The van der Waals surface area contributed by atoms with Crippen molar-refractivity contribution < 1.29 is 18.0 Å². The highest BCUT2D eigenvalue weighted by molar-refractivity contribution is 5.95. The zero-order chi connectivity index (χ0) is 23.6. The molecule has 0 saturated carbocycles. The summed E-state index contributed by atoms with van der Waals surface area (Å²) in [5.74, 6) is 0.0166. The second-order valence-corrected chi connectivity index (χ2v) is 8.56. The smallest absolute Gasteiger partial charge is 0.378 e. The van der Waals surface area contributed by atoms with E-state index < -0.39 is 11.7 Å². The number of hydrogen-bond acceptors (Lipinski definition) is 3. The topological polar surface area (TPSA) is 36.4 Å². The Balaban J connectivity index is 1.55. The quantitative estimate of drug-likeness (QED) is 0.497. The molecule has 1 aromatic heterocycles. The van der Waals surface area contributed by atoms with E-state index in [-0.39, 0.29) is 11.8 Å². The fourth-order valence-corrected chi connectivity index (χ4v) is 4.20. The van der Waals surface area contributed by atoms with Gasteiger partial charge in [0.2, 0.25) is 0 Å². The molecule has 1 atom stereocenters.